The number of amides is 2. The van der Waals surface area contributed by atoms with Crippen LogP contribution in [0.25, 0.3) is 16.8 Å². The fraction of sp³-hybridized carbons (Fsp3) is 0.321. The molecule has 1 aliphatic rings. The SMILES string of the molecule is COC/C(=C(/C)N(C(=O)NC(C)C)C1=CC(C(F)(F)F)=CCC1)c1cccnc1-c1ccc(C#N)cc1. The normalized spacial score (nSPS) is 14.4. The van der Waals surface area contributed by atoms with Crippen LogP contribution in [0.2, 0.25) is 0 Å². The van der Waals surface area contributed by atoms with E-state index in [1.807, 2.05) is 6.07 Å². The number of nitrogens with one attached hydrogen (secondary N) is 1. The van der Waals surface area contributed by atoms with Gasteiger partial charge in [0.2, 0.25) is 0 Å². The zero-order valence-electron chi connectivity index (χ0n) is 21.2. The number of carbonyl (C=O) groups excluding carboxylic acids is 1. The van der Waals surface area contributed by atoms with E-state index in [-0.39, 0.29) is 31.2 Å². The van der Waals surface area contributed by atoms with Gasteiger partial charge in [0.15, 0.2) is 0 Å². The molecule has 9 heteroatoms. The Kier molecular flexibility index (Phi) is 8.90. The Balaban J connectivity index is 2.21. The molecule has 1 aliphatic carbocycles. The van der Waals surface area contributed by atoms with Gasteiger partial charge >= 0.3 is 12.2 Å². The van der Waals surface area contributed by atoms with Crippen LogP contribution in [0.15, 0.2) is 71.7 Å². The number of alkyl halides is 3. The lowest BCUT2D eigenvalue weighted by Crippen LogP contribution is -2.42. The molecular formula is C28H29F3N4O2. The van der Waals surface area contributed by atoms with Crippen LogP contribution in [0.4, 0.5) is 18.0 Å². The average molecular weight is 511 g/mol. The van der Waals surface area contributed by atoms with Crippen molar-refractivity contribution in [1.29, 1.82) is 5.26 Å². The monoisotopic (exact) mass is 510 g/mol. The first kappa shape index (κ1) is 27.7. The average Bonchev–Trinajstić information content (AvgIpc) is 2.86. The highest BCUT2D eigenvalue weighted by Gasteiger charge is 2.35. The summed E-state index contributed by atoms with van der Waals surface area (Å²) >= 11 is 0. The number of methoxy groups -OCH3 is 1. The smallest absolute Gasteiger partial charge is 0.380 e. The van der Waals surface area contributed by atoms with Gasteiger partial charge in [-0.1, -0.05) is 24.3 Å². The Hall–Kier alpha value is -3.90. The number of benzene rings is 1. The zero-order valence-corrected chi connectivity index (χ0v) is 21.2. The van der Waals surface area contributed by atoms with Crippen LogP contribution in [0.5, 0.6) is 0 Å². The van der Waals surface area contributed by atoms with Crippen molar-refractivity contribution in [2.45, 2.75) is 45.8 Å². The maximum Gasteiger partial charge on any atom is 0.416 e. The standard InChI is InChI=1S/C28H29F3N4O2/c1-18(2)34-27(36)35(23-8-5-7-22(15-23)28(29,30)31)19(3)25(17-37-4)24-9-6-14-33-26(24)21-12-10-20(16-32)11-13-21/h6-7,9-15,18H,5,8,17H2,1-4H3,(H,34,36)/b25-19+. The number of urea groups is 1. The quantitative estimate of drug-likeness (QED) is 0.456. The minimum absolute atomic E-state index is 0.0848. The molecule has 0 aliphatic heterocycles. The Labute approximate surface area is 214 Å². The largest absolute Gasteiger partial charge is 0.416 e. The van der Waals surface area contributed by atoms with Gasteiger partial charge in [0.25, 0.3) is 0 Å². The molecule has 0 radical (unpaired) electrons. The van der Waals surface area contributed by atoms with E-state index in [0.717, 1.165) is 17.7 Å². The molecule has 2 aromatic rings. The summed E-state index contributed by atoms with van der Waals surface area (Å²) < 4.78 is 46.1. The summed E-state index contributed by atoms with van der Waals surface area (Å²) in [5, 5.41) is 11.9. The lowest BCUT2D eigenvalue weighted by molar-refractivity contribution is -0.0888. The van der Waals surface area contributed by atoms with Gasteiger partial charge in [-0.25, -0.2) is 4.79 Å². The third-order valence-electron chi connectivity index (χ3n) is 5.80. The predicted octanol–water partition coefficient (Wildman–Crippen LogP) is 6.58. The molecule has 0 saturated heterocycles. The second-order valence-corrected chi connectivity index (χ2v) is 8.86. The van der Waals surface area contributed by atoms with Crippen molar-refractivity contribution < 1.29 is 22.7 Å². The number of nitrogens with zero attached hydrogens (tertiary/aromatic N) is 3. The fourth-order valence-corrected chi connectivity index (χ4v) is 4.11. The lowest BCUT2D eigenvalue weighted by atomic mass is 9.96. The summed E-state index contributed by atoms with van der Waals surface area (Å²) in [6.45, 7) is 5.34. The molecule has 0 fully saturated rings. The van der Waals surface area contributed by atoms with E-state index in [9.17, 15) is 18.0 Å². The van der Waals surface area contributed by atoms with Gasteiger partial charge in [0.05, 0.1) is 29.5 Å². The molecule has 0 bridgehead atoms. The van der Waals surface area contributed by atoms with Crippen LogP contribution in [-0.2, 0) is 4.74 Å². The number of halogens is 3. The van der Waals surface area contributed by atoms with E-state index < -0.39 is 17.8 Å². The number of nitriles is 1. The highest BCUT2D eigenvalue weighted by molar-refractivity contribution is 5.86. The molecule has 194 valence electrons. The van der Waals surface area contributed by atoms with Crippen molar-refractivity contribution in [3.05, 3.63) is 82.8 Å². The van der Waals surface area contributed by atoms with Gasteiger partial charge in [0, 0.05) is 47.4 Å². The third-order valence-corrected chi connectivity index (χ3v) is 5.80. The van der Waals surface area contributed by atoms with Crippen LogP contribution >= 0.6 is 0 Å². The van der Waals surface area contributed by atoms with Gasteiger partial charge in [-0.3, -0.25) is 9.88 Å². The molecule has 6 nitrogen and oxygen atoms in total. The van der Waals surface area contributed by atoms with Gasteiger partial charge < -0.3 is 10.1 Å². The topological polar surface area (TPSA) is 78.2 Å². The van der Waals surface area contributed by atoms with Gasteiger partial charge in [0.1, 0.15) is 0 Å². The van der Waals surface area contributed by atoms with Crippen LogP contribution in [0, 0.1) is 11.3 Å². The Morgan fingerprint density at radius 1 is 1.24 bits per heavy atom. The van der Waals surface area contributed by atoms with E-state index in [4.69, 9.17) is 10.00 Å². The number of allylic oxidation sites excluding steroid dienone is 5. The predicted molar refractivity (Wildman–Crippen MR) is 136 cm³/mol. The Morgan fingerprint density at radius 2 is 1.95 bits per heavy atom. The zero-order chi connectivity index (χ0) is 27.2. The maximum atomic E-state index is 13.5. The highest BCUT2D eigenvalue weighted by atomic mass is 19.4. The molecule has 1 aromatic heterocycles. The second kappa shape index (κ2) is 11.9. The van der Waals surface area contributed by atoms with E-state index in [1.54, 1.807) is 57.3 Å². The van der Waals surface area contributed by atoms with Crippen molar-refractivity contribution in [2.75, 3.05) is 13.7 Å². The number of rotatable bonds is 7. The van der Waals surface area contributed by atoms with Crippen LogP contribution < -0.4 is 5.32 Å². The van der Waals surface area contributed by atoms with Crippen molar-refractivity contribution in [3.8, 4) is 17.3 Å². The van der Waals surface area contributed by atoms with E-state index in [1.165, 1.54) is 12.0 Å². The van der Waals surface area contributed by atoms with Gasteiger partial charge in [-0.15, -0.1) is 0 Å². The van der Waals surface area contributed by atoms with Crippen molar-refractivity contribution in [3.63, 3.8) is 0 Å². The number of carbonyl (C=O) groups is 1. The molecule has 0 unspecified atom stereocenters. The van der Waals surface area contributed by atoms with E-state index >= 15 is 0 Å². The van der Waals surface area contributed by atoms with Crippen molar-refractivity contribution in [2.24, 2.45) is 0 Å². The fourth-order valence-electron chi connectivity index (χ4n) is 4.11. The molecule has 1 heterocycles. The minimum Gasteiger partial charge on any atom is -0.380 e. The molecule has 1 aromatic carbocycles. The molecule has 1 N–H and O–H groups in total. The number of hydrogen-bond acceptors (Lipinski definition) is 4. The molecule has 0 spiro atoms. The first-order chi connectivity index (χ1) is 17.6. The van der Waals surface area contributed by atoms with Crippen LogP contribution in [-0.4, -0.2) is 41.8 Å². The number of aromatic nitrogens is 1. The third kappa shape index (κ3) is 6.66. The number of hydrogen-bond donors (Lipinski definition) is 1. The maximum absolute atomic E-state index is 13.5. The van der Waals surface area contributed by atoms with Crippen molar-refractivity contribution in [1.82, 2.24) is 15.2 Å². The van der Waals surface area contributed by atoms with Gasteiger partial charge in [-0.2, -0.15) is 18.4 Å². The first-order valence-corrected chi connectivity index (χ1v) is 11.8. The lowest BCUT2D eigenvalue weighted by Gasteiger charge is -2.31. The first-order valence-electron chi connectivity index (χ1n) is 11.8. The molecular weight excluding hydrogens is 481 g/mol. The van der Waals surface area contributed by atoms with Crippen LogP contribution in [0.3, 0.4) is 0 Å². The Bertz CT molecular complexity index is 1270. The second-order valence-electron chi connectivity index (χ2n) is 8.86. The molecule has 0 saturated carbocycles. The number of pyridine rings is 1. The van der Waals surface area contributed by atoms with E-state index in [0.29, 0.717) is 28.1 Å². The summed E-state index contributed by atoms with van der Waals surface area (Å²) in [6.07, 6.45) is -0.307. The molecule has 3 rings (SSSR count). The Morgan fingerprint density at radius 3 is 2.54 bits per heavy atom. The van der Waals surface area contributed by atoms with Gasteiger partial charge in [-0.05, 0) is 57.9 Å². The molecule has 37 heavy (non-hydrogen) atoms. The highest BCUT2D eigenvalue weighted by Crippen LogP contribution is 2.36. The van der Waals surface area contributed by atoms with E-state index in [2.05, 4.69) is 16.4 Å². The van der Waals surface area contributed by atoms with Crippen molar-refractivity contribution >= 4 is 11.6 Å². The van der Waals surface area contributed by atoms with Crippen LogP contribution in [0.1, 0.15) is 44.7 Å². The summed E-state index contributed by atoms with van der Waals surface area (Å²) in [5.74, 6) is 0. The summed E-state index contributed by atoms with van der Waals surface area (Å²) in [6, 6.07) is 11.8. The summed E-state index contributed by atoms with van der Waals surface area (Å²) in [4.78, 5) is 19.2. The minimum atomic E-state index is -4.52. The summed E-state index contributed by atoms with van der Waals surface area (Å²) in [5.41, 5.74) is 2.98. The summed E-state index contributed by atoms with van der Waals surface area (Å²) in [7, 11) is 1.51. The molecule has 0 atom stereocenters. The number of ether oxygens (including phenoxy) is 1. The molecule has 2 amide bonds.